The van der Waals surface area contributed by atoms with Gasteiger partial charge in [-0.2, -0.15) is 0 Å². The molecule has 0 spiro atoms. The molecule has 0 bridgehead atoms. The van der Waals surface area contributed by atoms with Crippen LogP contribution >= 0.6 is 0 Å². The van der Waals surface area contributed by atoms with Crippen LogP contribution in [0.15, 0.2) is 41.1 Å². The van der Waals surface area contributed by atoms with E-state index >= 15 is 0 Å². The van der Waals surface area contributed by atoms with E-state index in [0.29, 0.717) is 23.4 Å². The SMILES string of the molecule is COC(=O)C1=C(C)N(C[C@H]2CCCO2)C(=O)/C1=C/c1ccc(C)cc1. The molecule has 1 saturated heterocycles. The number of aryl methyl sites for hydroxylation is 1. The predicted molar refractivity (Wildman–Crippen MR) is 94.6 cm³/mol. The third-order valence-electron chi connectivity index (χ3n) is 4.70. The fourth-order valence-electron chi connectivity index (χ4n) is 3.27. The molecule has 0 aliphatic carbocycles. The summed E-state index contributed by atoms with van der Waals surface area (Å²) in [4.78, 5) is 26.9. The first-order valence-corrected chi connectivity index (χ1v) is 8.52. The van der Waals surface area contributed by atoms with Crippen LogP contribution in [0.2, 0.25) is 0 Å². The monoisotopic (exact) mass is 341 g/mol. The quantitative estimate of drug-likeness (QED) is 0.624. The van der Waals surface area contributed by atoms with Gasteiger partial charge in [0.1, 0.15) is 0 Å². The molecule has 5 heteroatoms. The van der Waals surface area contributed by atoms with E-state index in [2.05, 4.69) is 0 Å². The van der Waals surface area contributed by atoms with E-state index in [9.17, 15) is 9.59 Å². The maximum Gasteiger partial charge on any atom is 0.340 e. The topological polar surface area (TPSA) is 55.8 Å². The average Bonchev–Trinajstić information content (AvgIpc) is 3.19. The molecule has 132 valence electrons. The van der Waals surface area contributed by atoms with Crippen LogP contribution in [0.4, 0.5) is 0 Å². The maximum absolute atomic E-state index is 13.0. The van der Waals surface area contributed by atoms with E-state index in [4.69, 9.17) is 9.47 Å². The summed E-state index contributed by atoms with van der Waals surface area (Å²) in [5.41, 5.74) is 3.37. The van der Waals surface area contributed by atoms with Gasteiger partial charge in [-0.15, -0.1) is 0 Å². The zero-order valence-electron chi connectivity index (χ0n) is 14.9. The molecule has 0 N–H and O–H groups in total. The first kappa shape index (κ1) is 17.4. The van der Waals surface area contributed by atoms with Crippen LogP contribution in [0.3, 0.4) is 0 Å². The molecule has 1 aromatic rings. The third-order valence-corrected chi connectivity index (χ3v) is 4.70. The molecular formula is C20H23NO4. The molecule has 1 amide bonds. The number of allylic oxidation sites excluding steroid dienone is 1. The number of amides is 1. The van der Waals surface area contributed by atoms with E-state index < -0.39 is 5.97 Å². The second kappa shape index (κ2) is 7.23. The molecular weight excluding hydrogens is 318 g/mol. The van der Waals surface area contributed by atoms with E-state index in [-0.39, 0.29) is 12.0 Å². The number of hydrogen-bond acceptors (Lipinski definition) is 4. The predicted octanol–water partition coefficient (Wildman–Crippen LogP) is 2.85. The van der Waals surface area contributed by atoms with Gasteiger partial charge in [0.25, 0.3) is 5.91 Å². The molecule has 2 aliphatic rings. The van der Waals surface area contributed by atoms with E-state index in [1.807, 2.05) is 31.2 Å². The molecule has 5 nitrogen and oxygen atoms in total. The Bertz CT molecular complexity index is 739. The van der Waals surface area contributed by atoms with Crippen molar-refractivity contribution in [2.45, 2.75) is 32.8 Å². The van der Waals surface area contributed by atoms with Gasteiger partial charge >= 0.3 is 5.97 Å². The molecule has 3 rings (SSSR count). The number of carbonyl (C=O) groups is 2. The molecule has 2 aliphatic heterocycles. The lowest BCUT2D eigenvalue weighted by Crippen LogP contribution is -2.33. The van der Waals surface area contributed by atoms with Crippen molar-refractivity contribution in [2.75, 3.05) is 20.3 Å². The largest absolute Gasteiger partial charge is 0.465 e. The minimum atomic E-state index is -0.487. The number of methoxy groups -OCH3 is 1. The van der Waals surface area contributed by atoms with Gasteiger partial charge in [-0.05, 0) is 38.3 Å². The highest BCUT2D eigenvalue weighted by atomic mass is 16.5. The Morgan fingerprint density at radius 2 is 2.04 bits per heavy atom. The summed E-state index contributed by atoms with van der Waals surface area (Å²) in [6, 6.07) is 7.82. The maximum atomic E-state index is 13.0. The van der Waals surface area contributed by atoms with Gasteiger partial charge in [-0.25, -0.2) is 4.79 Å². The van der Waals surface area contributed by atoms with Crippen molar-refractivity contribution in [3.8, 4) is 0 Å². The van der Waals surface area contributed by atoms with Crippen LogP contribution in [0, 0.1) is 6.92 Å². The van der Waals surface area contributed by atoms with Gasteiger partial charge in [-0.3, -0.25) is 4.79 Å². The summed E-state index contributed by atoms with van der Waals surface area (Å²) in [6.45, 7) is 4.99. The van der Waals surface area contributed by atoms with Crippen LogP contribution in [0.5, 0.6) is 0 Å². The number of rotatable bonds is 4. The number of hydrogen-bond donors (Lipinski definition) is 0. The van der Waals surface area contributed by atoms with Crippen molar-refractivity contribution < 1.29 is 19.1 Å². The van der Waals surface area contributed by atoms with Crippen LogP contribution in [-0.4, -0.2) is 43.1 Å². The van der Waals surface area contributed by atoms with Crippen LogP contribution < -0.4 is 0 Å². The molecule has 25 heavy (non-hydrogen) atoms. The van der Waals surface area contributed by atoms with Crippen molar-refractivity contribution in [1.82, 2.24) is 4.90 Å². The number of benzene rings is 1. The smallest absolute Gasteiger partial charge is 0.340 e. The summed E-state index contributed by atoms with van der Waals surface area (Å²) in [5.74, 6) is -0.659. The summed E-state index contributed by atoms with van der Waals surface area (Å²) >= 11 is 0. The van der Waals surface area contributed by atoms with Crippen molar-refractivity contribution in [3.63, 3.8) is 0 Å². The highest BCUT2D eigenvalue weighted by Gasteiger charge is 2.38. The molecule has 1 aromatic carbocycles. The van der Waals surface area contributed by atoms with Gasteiger partial charge in [0.2, 0.25) is 0 Å². The lowest BCUT2D eigenvalue weighted by molar-refractivity contribution is -0.136. The highest BCUT2D eigenvalue weighted by molar-refractivity contribution is 6.16. The standard InChI is InChI=1S/C20H23NO4/c1-13-6-8-15(9-7-13)11-17-18(20(23)24-3)14(2)21(19(17)22)12-16-5-4-10-25-16/h6-9,11,16H,4-5,10,12H2,1-3H3/b17-11+/t16-/m1/s1. The summed E-state index contributed by atoms with van der Waals surface area (Å²) in [5, 5.41) is 0. The zero-order valence-corrected chi connectivity index (χ0v) is 14.9. The molecule has 1 fully saturated rings. The summed E-state index contributed by atoms with van der Waals surface area (Å²) < 4.78 is 10.6. The van der Waals surface area contributed by atoms with Crippen molar-refractivity contribution >= 4 is 18.0 Å². The number of carbonyl (C=O) groups excluding carboxylic acids is 2. The fourth-order valence-corrected chi connectivity index (χ4v) is 3.27. The van der Waals surface area contributed by atoms with Crippen molar-refractivity contribution in [2.24, 2.45) is 0 Å². The lowest BCUT2D eigenvalue weighted by Gasteiger charge is -2.21. The minimum Gasteiger partial charge on any atom is -0.465 e. The first-order valence-electron chi connectivity index (χ1n) is 8.52. The first-order chi connectivity index (χ1) is 12.0. The molecule has 0 aromatic heterocycles. The summed E-state index contributed by atoms with van der Waals surface area (Å²) in [7, 11) is 1.33. The Kier molecular flexibility index (Phi) is 5.04. The molecule has 0 radical (unpaired) electrons. The van der Waals surface area contributed by atoms with Gasteiger partial charge in [0.15, 0.2) is 0 Å². The third kappa shape index (κ3) is 3.51. The van der Waals surface area contributed by atoms with Crippen molar-refractivity contribution in [1.29, 1.82) is 0 Å². The van der Waals surface area contributed by atoms with Crippen molar-refractivity contribution in [3.05, 3.63) is 52.2 Å². The van der Waals surface area contributed by atoms with Crippen LogP contribution in [0.1, 0.15) is 30.9 Å². The second-order valence-corrected chi connectivity index (χ2v) is 6.47. The number of ether oxygens (including phenoxy) is 2. The van der Waals surface area contributed by atoms with Gasteiger partial charge < -0.3 is 14.4 Å². The highest BCUT2D eigenvalue weighted by Crippen LogP contribution is 2.32. The Labute approximate surface area is 147 Å². The molecule has 0 saturated carbocycles. The van der Waals surface area contributed by atoms with Gasteiger partial charge in [0, 0.05) is 12.3 Å². The molecule has 1 atom stereocenters. The van der Waals surface area contributed by atoms with Crippen LogP contribution in [0.25, 0.3) is 6.08 Å². The Morgan fingerprint density at radius 1 is 1.32 bits per heavy atom. The Hall–Kier alpha value is -2.40. The van der Waals surface area contributed by atoms with E-state index in [0.717, 1.165) is 30.6 Å². The van der Waals surface area contributed by atoms with E-state index in [1.54, 1.807) is 17.9 Å². The fraction of sp³-hybridized carbons (Fsp3) is 0.400. The normalized spacial score (nSPS) is 22.2. The molecule has 2 heterocycles. The Morgan fingerprint density at radius 3 is 2.64 bits per heavy atom. The summed E-state index contributed by atoms with van der Waals surface area (Å²) in [6.07, 6.45) is 3.72. The minimum absolute atomic E-state index is 0.0246. The van der Waals surface area contributed by atoms with Gasteiger partial charge in [-0.1, -0.05) is 29.8 Å². The van der Waals surface area contributed by atoms with Gasteiger partial charge in [0.05, 0.1) is 30.9 Å². The zero-order chi connectivity index (χ0) is 18.0. The second-order valence-electron chi connectivity index (χ2n) is 6.47. The van der Waals surface area contributed by atoms with E-state index in [1.165, 1.54) is 7.11 Å². The lowest BCUT2D eigenvalue weighted by atomic mass is 10.0. The average molecular weight is 341 g/mol. The number of nitrogens with zero attached hydrogens (tertiary/aromatic N) is 1. The Balaban J connectivity index is 1.96. The number of esters is 1. The van der Waals surface area contributed by atoms with Crippen LogP contribution in [-0.2, 0) is 19.1 Å². The molecule has 0 unspecified atom stereocenters.